The Balaban J connectivity index is 1.66. The van der Waals surface area contributed by atoms with E-state index in [2.05, 4.69) is 49.9 Å². The van der Waals surface area contributed by atoms with Crippen LogP contribution in [-0.2, 0) is 19.6 Å². The van der Waals surface area contributed by atoms with Gasteiger partial charge < -0.3 is 9.30 Å². The van der Waals surface area contributed by atoms with E-state index < -0.39 is 0 Å². The highest BCUT2D eigenvalue weighted by molar-refractivity contribution is 5.30. The topological polar surface area (TPSA) is 59.0 Å². The normalized spacial score (nSPS) is 17.7. The molecule has 1 aliphatic rings. The lowest BCUT2D eigenvalue weighted by atomic mass is 10.0. The highest BCUT2D eigenvalue weighted by Gasteiger charge is 2.28. The number of hydrogen-bond acceptors (Lipinski definition) is 4. The van der Waals surface area contributed by atoms with Crippen molar-refractivity contribution >= 4 is 0 Å². The molecule has 24 heavy (non-hydrogen) atoms. The van der Waals surface area contributed by atoms with Gasteiger partial charge in [0.2, 0.25) is 0 Å². The highest BCUT2D eigenvalue weighted by Crippen LogP contribution is 2.31. The summed E-state index contributed by atoms with van der Waals surface area (Å²) in [4.78, 5) is 6.95. The first-order chi connectivity index (χ1) is 11.7. The van der Waals surface area contributed by atoms with Gasteiger partial charge in [-0.15, -0.1) is 0 Å². The molecule has 4 rings (SSSR count). The number of aromatic amines is 1. The summed E-state index contributed by atoms with van der Waals surface area (Å²) in [7, 11) is 1.70. The van der Waals surface area contributed by atoms with Crippen LogP contribution in [0.15, 0.2) is 42.9 Å². The molecule has 0 saturated carbocycles. The molecule has 0 fully saturated rings. The van der Waals surface area contributed by atoms with Crippen LogP contribution >= 0.6 is 0 Å². The summed E-state index contributed by atoms with van der Waals surface area (Å²) in [6, 6.07) is 8.66. The van der Waals surface area contributed by atoms with Crippen LogP contribution in [0.25, 0.3) is 0 Å². The molecule has 0 bridgehead atoms. The Morgan fingerprint density at radius 2 is 2.12 bits per heavy atom. The number of methoxy groups -OCH3 is 1. The summed E-state index contributed by atoms with van der Waals surface area (Å²) >= 11 is 0. The first-order valence-corrected chi connectivity index (χ1v) is 8.11. The van der Waals surface area contributed by atoms with Crippen molar-refractivity contribution < 1.29 is 4.74 Å². The predicted molar refractivity (Wildman–Crippen MR) is 90.5 cm³/mol. The molecule has 1 N–H and O–H groups in total. The Bertz CT molecular complexity index is 820. The second kappa shape index (κ2) is 6.13. The van der Waals surface area contributed by atoms with Gasteiger partial charge in [-0.3, -0.25) is 10.00 Å². The second-order valence-electron chi connectivity index (χ2n) is 6.21. The van der Waals surface area contributed by atoms with Crippen molar-refractivity contribution in [3.63, 3.8) is 0 Å². The van der Waals surface area contributed by atoms with Gasteiger partial charge in [-0.1, -0.05) is 12.1 Å². The summed E-state index contributed by atoms with van der Waals surface area (Å²) in [5.74, 6) is 2.00. The number of nitrogens with one attached hydrogen (secondary N) is 1. The largest absolute Gasteiger partial charge is 0.497 e. The van der Waals surface area contributed by atoms with Crippen molar-refractivity contribution in [3.05, 3.63) is 65.5 Å². The SMILES string of the molecule is COc1ccc(C2Cn3ccnc3CN2Cc2cn[nH]c2C)cc1. The average molecular weight is 323 g/mol. The van der Waals surface area contributed by atoms with Crippen LogP contribution in [0.1, 0.15) is 28.7 Å². The van der Waals surface area contributed by atoms with E-state index in [4.69, 9.17) is 4.74 Å². The van der Waals surface area contributed by atoms with Gasteiger partial charge in [-0.25, -0.2) is 4.98 Å². The van der Waals surface area contributed by atoms with Gasteiger partial charge in [-0.2, -0.15) is 5.10 Å². The number of imidazole rings is 1. The van der Waals surface area contributed by atoms with Crippen LogP contribution in [0.4, 0.5) is 0 Å². The molecular formula is C18H21N5O. The number of nitrogens with zero attached hydrogens (tertiary/aromatic N) is 4. The number of aromatic nitrogens is 4. The zero-order chi connectivity index (χ0) is 16.5. The molecule has 124 valence electrons. The van der Waals surface area contributed by atoms with Gasteiger partial charge >= 0.3 is 0 Å². The predicted octanol–water partition coefficient (Wildman–Crippen LogP) is 2.68. The number of H-pyrrole nitrogens is 1. The van der Waals surface area contributed by atoms with E-state index >= 15 is 0 Å². The molecule has 1 unspecified atom stereocenters. The monoisotopic (exact) mass is 323 g/mol. The summed E-state index contributed by atoms with van der Waals surface area (Å²) in [5, 5.41) is 7.18. The number of hydrogen-bond donors (Lipinski definition) is 1. The lowest BCUT2D eigenvalue weighted by molar-refractivity contribution is 0.128. The van der Waals surface area contributed by atoms with Gasteiger partial charge in [0, 0.05) is 36.7 Å². The maximum atomic E-state index is 5.29. The van der Waals surface area contributed by atoms with Crippen LogP contribution in [0.5, 0.6) is 5.75 Å². The molecule has 6 nitrogen and oxygen atoms in total. The van der Waals surface area contributed by atoms with Crippen LogP contribution in [0, 0.1) is 6.92 Å². The minimum atomic E-state index is 0.298. The first kappa shape index (κ1) is 15.0. The maximum Gasteiger partial charge on any atom is 0.122 e. The molecule has 0 amide bonds. The van der Waals surface area contributed by atoms with Crippen LogP contribution < -0.4 is 4.74 Å². The number of ether oxygens (including phenoxy) is 1. The van der Waals surface area contributed by atoms with Crippen molar-refractivity contribution in [2.24, 2.45) is 0 Å². The van der Waals surface area contributed by atoms with Gasteiger partial charge in [0.05, 0.1) is 25.9 Å². The Kier molecular flexibility index (Phi) is 3.82. The summed E-state index contributed by atoms with van der Waals surface area (Å²) < 4.78 is 7.53. The Labute approximate surface area is 141 Å². The molecule has 1 atom stereocenters. The third-order valence-corrected chi connectivity index (χ3v) is 4.76. The second-order valence-corrected chi connectivity index (χ2v) is 6.21. The highest BCUT2D eigenvalue weighted by atomic mass is 16.5. The number of aryl methyl sites for hydroxylation is 1. The summed E-state index contributed by atoms with van der Waals surface area (Å²) in [5.41, 5.74) is 3.64. The van der Waals surface area contributed by atoms with E-state index in [0.717, 1.165) is 36.9 Å². The molecule has 3 aromatic rings. The van der Waals surface area contributed by atoms with E-state index in [0.29, 0.717) is 6.04 Å². The van der Waals surface area contributed by atoms with E-state index in [-0.39, 0.29) is 0 Å². The lowest BCUT2D eigenvalue weighted by Crippen LogP contribution is -2.36. The smallest absolute Gasteiger partial charge is 0.122 e. The van der Waals surface area contributed by atoms with Gasteiger partial charge in [0.15, 0.2) is 0 Å². The molecular weight excluding hydrogens is 302 g/mol. The van der Waals surface area contributed by atoms with Crippen molar-refractivity contribution in [2.45, 2.75) is 32.6 Å². The minimum absolute atomic E-state index is 0.298. The standard InChI is InChI=1S/C18H21N5O/c1-13-15(9-20-21-13)10-23-12-18-19-7-8-22(18)11-17(23)14-3-5-16(24-2)6-4-14/h3-9,17H,10-12H2,1-2H3,(H,20,21). The van der Waals surface area contributed by atoms with Crippen LogP contribution in [0.3, 0.4) is 0 Å². The summed E-state index contributed by atoms with van der Waals surface area (Å²) in [6.45, 7) is 4.65. The molecule has 0 saturated heterocycles. The fourth-order valence-electron chi connectivity index (χ4n) is 3.31. The quantitative estimate of drug-likeness (QED) is 0.802. The molecule has 6 heteroatoms. The van der Waals surface area contributed by atoms with E-state index in [1.165, 1.54) is 11.1 Å². The van der Waals surface area contributed by atoms with E-state index in [1.54, 1.807) is 7.11 Å². The Hall–Kier alpha value is -2.60. The zero-order valence-corrected chi connectivity index (χ0v) is 13.9. The zero-order valence-electron chi connectivity index (χ0n) is 13.9. The van der Waals surface area contributed by atoms with Gasteiger partial charge in [-0.05, 0) is 24.6 Å². The van der Waals surface area contributed by atoms with Crippen molar-refractivity contribution in [1.29, 1.82) is 0 Å². The van der Waals surface area contributed by atoms with Crippen molar-refractivity contribution in [1.82, 2.24) is 24.6 Å². The van der Waals surface area contributed by atoms with E-state index in [1.807, 2.05) is 24.5 Å². The molecule has 0 spiro atoms. The summed E-state index contributed by atoms with van der Waals surface area (Å²) in [6.07, 6.45) is 5.86. The van der Waals surface area contributed by atoms with Crippen molar-refractivity contribution in [2.75, 3.05) is 7.11 Å². The van der Waals surface area contributed by atoms with Crippen LogP contribution in [0.2, 0.25) is 0 Å². The van der Waals surface area contributed by atoms with Gasteiger partial charge in [0.25, 0.3) is 0 Å². The maximum absolute atomic E-state index is 5.29. The fraction of sp³-hybridized carbons (Fsp3) is 0.333. The third kappa shape index (κ3) is 2.69. The van der Waals surface area contributed by atoms with Crippen molar-refractivity contribution in [3.8, 4) is 5.75 Å². The number of rotatable bonds is 4. The number of fused-ring (bicyclic) bond motifs is 1. The average Bonchev–Trinajstić information content (AvgIpc) is 3.23. The Morgan fingerprint density at radius 3 is 2.83 bits per heavy atom. The van der Waals surface area contributed by atoms with Gasteiger partial charge in [0.1, 0.15) is 11.6 Å². The molecule has 2 aromatic heterocycles. The fourth-order valence-corrected chi connectivity index (χ4v) is 3.31. The first-order valence-electron chi connectivity index (χ1n) is 8.11. The van der Waals surface area contributed by atoms with E-state index in [9.17, 15) is 0 Å². The number of benzene rings is 1. The molecule has 0 radical (unpaired) electrons. The Morgan fingerprint density at radius 1 is 1.29 bits per heavy atom. The minimum Gasteiger partial charge on any atom is -0.497 e. The molecule has 0 aliphatic carbocycles. The molecule has 1 aliphatic heterocycles. The molecule has 1 aromatic carbocycles. The third-order valence-electron chi connectivity index (χ3n) is 4.76. The van der Waals surface area contributed by atoms with Crippen LogP contribution in [-0.4, -0.2) is 31.8 Å². The lowest BCUT2D eigenvalue weighted by Gasteiger charge is -2.36. The molecule has 3 heterocycles.